The first kappa shape index (κ1) is 22.0. The van der Waals surface area contributed by atoms with Crippen LogP contribution in [0.15, 0.2) is 66.7 Å². The molecule has 3 aromatic carbocycles. The number of nitrogens with one attached hydrogen (secondary N) is 2. The van der Waals surface area contributed by atoms with Crippen LogP contribution in [0, 0.1) is 5.92 Å². The van der Waals surface area contributed by atoms with Crippen molar-refractivity contribution in [1.29, 1.82) is 0 Å². The van der Waals surface area contributed by atoms with Crippen molar-refractivity contribution in [3.63, 3.8) is 0 Å². The number of anilines is 3. The van der Waals surface area contributed by atoms with E-state index in [1.165, 1.54) is 6.92 Å². The molecule has 0 spiro atoms. The van der Waals surface area contributed by atoms with Crippen LogP contribution in [0.4, 0.5) is 17.1 Å². The molecule has 1 aliphatic heterocycles. The van der Waals surface area contributed by atoms with E-state index in [0.717, 1.165) is 16.5 Å². The van der Waals surface area contributed by atoms with Crippen molar-refractivity contribution in [1.82, 2.24) is 0 Å². The van der Waals surface area contributed by atoms with E-state index in [2.05, 4.69) is 10.6 Å². The van der Waals surface area contributed by atoms with E-state index in [-0.39, 0.29) is 24.8 Å². The molecular formula is C25H23N3O5. The number of amides is 3. The third-order valence-corrected chi connectivity index (χ3v) is 5.35. The van der Waals surface area contributed by atoms with Crippen LogP contribution in [0.3, 0.4) is 0 Å². The Morgan fingerprint density at radius 3 is 2.33 bits per heavy atom. The highest BCUT2D eigenvalue weighted by atomic mass is 16.5. The Morgan fingerprint density at radius 2 is 1.61 bits per heavy atom. The zero-order valence-electron chi connectivity index (χ0n) is 18.0. The number of esters is 1. The first-order valence-corrected chi connectivity index (χ1v) is 10.5. The predicted octanol–water partition coefficient (Wildman–Crippen LogP) is 3.33. The molecule has 33 heavy (non-hydrogen) atoms. The molecule has 1 fully saturated rings. The lowest BCUT2D eigenvalue weighted by Gasteiger charge is -2.18. The van der Waals surface area contributed by atoms with Crippen LogP contribution in [-0.4, -0.2) is 36.8 Å². The molecule has 0 saturated carbocycles. The van der Waals surface area contributed by atoms with E-state index in [0.29, 0.717) is 11.4 Å². The molecule has 8 heteroatoms. The van der Waals surface area contributed by atoms with Gasteiger partial charge in [0.05, 0.1) is 11.6 Å². The lowest BCUT2D eigenvalue weighted by Crippen LogP contribution is -2.28. The number of benzene rings is 3. The number of carbonyl (C=O) groups excluding carboxylic acids is 4. The Bertz CT molecular complexity index is 1220. The molecule has 168 valence electrons. The quantitative estimate of drug-likeness (QED) is 0.567. The molecule has 4 rings (SSSR count). The Kier molecular flexibility index (Phi) is 6.35. The van der Waals surface area contributed by atoms with Gasteiger partial charge in [-0.25, -0.2) is 0 Å². The van der Waals surface area contributed by atoms with Gasteiger partial charge in [-0.2, -0.15) is 0 Å². The molecule has 0 aromatic heterocycles. The number of hydrogen-bond acceptors (Lipinski definition) is 5. The Morgan fingerprint density at radius 1 is 0.939 bits per heavy atom. The van der Waals surface area contributed by atoms with Gasteiger partial charge in [0.25, 0.3) is 5.91 Å². The number of fused-ring (bicyclic) bond motifs is 1. The monoisotopic (exact) mass is 445 g/mol. The second kappa shape index (κ2) is 9.52. The number of ether oxygens (including phenoxy) is 1. The van der Waals surface area contributed by atoms with E-state index in [1.54, 1.807) is 29.2 Å². The maximum absolute atomic E-state index is 12.6. The minimum Gasteiger partial charge on any atom is -0.455 e. The summed E-state index contributed by atoms with van der Waals surface area (Å²) in [4.78, 5) is 50.0. The van der Waals surface area contributed by atoms with Gasteiger partial charge in [0, 0.05) is 36.7 Å². The Balaban J connectivity index is 1.32. The standard InChI is InChI=1S/C25H23N3O5/c1-16(29)26-19-9-11-20(12-10-19)27-23(30)15-33-25(32)18-13-24(31)28(14-18)22-8-4-6-17-5-2-3-7-21(17)22/h2-12,18H,13-15H2,1H3,(H,26,29)(H,27,30)/t18-/m1/s1. The SMILES string of the molecule is CC(=O)Nc1ccc(NC(=O)COC(=O)[C@@H]2CC(=O)N(c3cccc4ccccc34)C2)cc1. The molecule has 1 saturated heterocycles. The summed E-state index contributed by atoms with van der Waals surface area (Å²) in [7, 11) is 0. The lowest BCUT2D eigenvalue weighted by molar-refractivity contribution is -0.151. The van der Waals surface area contributed by atoms with Crippen LogP contribution in [0.25, 0.3) is 10.8 Å². The molecule has 0 radical (unpaired) electrons. The maximum Gasteiger partial charge on any atom is 0.311 e. The summed E-state index contributed by atoms with van der Waals surface area (Å²) in [6.45, 7) is 1.16. The maximum atomic E-state index is 12.6. The van der Waals surface area contributed by atoms with Crippen molar-refractivity contribution >= 4 is 51.5 Å². The summed E-state index contributed by atoms with van der Waals surface area (Å²) < 4.78 is 5.17. The minimum atomic E-state index is -0.638. The zero-order chi connectivity index (χ0) is 23.4. The highest BCUT2D eigenvalue weighted by Crippen LogP contribution is 2.32. The average Bonchev–Trinajstić information content (AvgIpc) is 3.19. The van der Waals surface area contributed by atoms with E-state index >= 15 is 0 Å². The second-order valence-electron chi connectivity index (χ2n) is 7.82. The minimum absolute atomic E-state index is 0.0360. The van der Waals surface area contributed by atoms with Crippen molar-refractivity contribution in [3.8, 4) is 0 Å². The van der Waals surface area contributed by atoms with Crippen molar-refractivity contribution < 1.29 is 23.9 Å². The van der Waals surface area contributed by atoms with Crippen molar-refractivity contribution in [2.75, 3.05) is 28.7 Å². The van der Waals surface area contributed by atoms with Crippen LogP contribution >= 0.6 is 0 Å². The molecule has 1 heterocycles. The van der Waals surface area contributed by atoms with E-state index in [1.807, 2.05) is 42.5 Å². The van der Waals surface area contributed by atoms with Crippen molar-refractivity contribution in [2.24, 2.45) is 5.92 Å². The van der Waals surface area contributed by atoms with Crippen LogP contribution in [0.2, 0.25) is 0 Å². The predicted molar refractivity (Wildman–Crippen MR) is 125 cm³/mol. The van der Waals surface area contributed by atoms with E-state index < -0.39 is 24.4 Å². The van der Waals surface area contributed by atoms with E-state index in [4.69, 9.17) is 4.74 Å². The molecule has 3 aromatic rings. The van der Waals surface area contributed by atoms with Gasteiger partial charge >= 0.3 is 5.97 Å². The lowest BCUT2D eigenvalue weighted by atomic mass is 10.1. The first-order valence-electron chi connectivity index (χ1n) is 10.5. The molecular weight excluding hydrogens is 422 g/mol. The zero-order valence-corrected chi connectivity index (χ0v) is 18.0. The average molecular weight is 445 g/mol. The highest BCUT2D eigenvalue weighted by molar-refractivity contribution is 6.06. The van der Waals surface area contributed by atoms with Gasteiger partial charge in [0.1, 0.15) is 0 Å². The van der Waals surface area contributed by atoms with Gasteiger partial charge in [0.15, 0.2) is 6.61 Å². The molecule has 1 atom stereocenters. The molecule has 3 amide bonds. The Labute approximate surface area is 190 Å². The summed E-state index contributed by atoms with van der Waals surface area (Å²) in [6.07, 6.45) is 0.0360. The van der Waals surface area contributed by atoms with E-state index in [9.17, 15) is 19.2 Å². The van der Waals surface area contributed by atoms with Gasteiger partial charge in [0.2, 0.25) is 11.8 Å². The highest BCUT2D eigenvalue weighted by Gasteiger charge is 2.36. The normalized spacial score (nSPS) is 15.4. The fraction of sp³-hybridized carbons (Fsp3) is 0.200. The van der Waals surface area contributed by atoms with Crippen molar-refractivity contribution in [2.45, 2.75) is 13.3 Å². The van der Waals surface area contributed by atoms with Gasteiger partial charge in [-0.3, -0.25) is 19.2 Å². The fourth-order valence-corrected chi connectivity index (χ4v) is 3.83. The first-order chi connectivity index (χ1) is 15.9. The smallest absolute Gasteiger partial charge is 0.311 e. The largest absolute Gasteiger partial charge is 0.455 e. The second-order valence-corrected chi connectivity index (χ2v) is 7.82. The summed E-state index contributed by atoms with van der Waals surface area (Å²) in [5.41, 5.74) is 1.87. The molecule has 0 unspecified atom stereocenters. The number of hydrogen-bond donors (Lipinski definition) is 2. The van der Waals surface area contributed by atoms with Gasteiger partial charge < -0.3 is 20.3 Å². The Hall–Kier alpha value is -4.20. The molecule has 8 nitrogen and oxygen atoms in total. The van der Waals surface area contributed by atoms with Crippen LogP contribution < -0.4 is 15.5 Å². The molecule has 0 aliphatic carbocycles. The molecule has 1 aliphatic rings. The third-order valence-electron chi connectivity index (χ3n) is 5.35. The van der Waals surface area contributed by atoms with Crippen LogP contribution in [0.5, 0.6) is 0 Å². The topological polar surface area (TPSA) is 105 Å². The van der Waals surface area contributed by atoms with Crippen LogP contribution in [-0.2, 0) is 23.9 Å². The van der Waals surface area contributed by atoms with Crippen LogP contribution in [0.1, 0.15) is 13.3 Å². The molecule has 0 bridgehead atoms. The summed E-state index contributed by atoms with van der Waals surface area (Å²) >= 11 is 0. The summed E-state index contributed by atoms with van der Waals surface area (Å²) in [5, 5.41) is 7.20. The number of carbonyl (C=O) groups is 4. The summed E-state index contributed by atoms with van der Waals surface area (Å²) in [5.74, 6) is -2.06. The summed E-state index contributed by atoms with van der Waals surface area (Å²) in [6, 6.07) is 20.0. The number of rotatable bonds is 6. The van der Waals surface area contributed by atoms with Gasteiger partial charge in [-0.1, -0.05) is 36.4 Å². The van der Waals surface area contributed by atoms with Gasteiger partial charge in [-0.05, 0) is 35.7 Å². The number of nitrogens with zero attached hydrogens (tertiary/aromatic N) is 1. The van der Waals surface area contributed by atoms with Gasteiger partial charge in [-0.15, -0.1) is 0 Å². The third kappa shape index (κ3) is 5.17. The van der Waals surface area contributed by atoms with Crippen molar-refractivity contribution in [3.05, 3.63) is 66.7 Å². The molecule has 2 N–H and O–H groups in total. The fourth-order valence-electron chi connectivity index (χ4n) is 3.83.